The Morgan fingerprint density at radius 3 is 2.96 bits per heavy atom. The van der Waals surface area contributed by atoms with Gasteiger partial charge >= 0.3 is 5.97 Å². The number of hydrogen-bond donors (Lipinski definition) is 1. The van der Waals surface area contributed by atoms with E-state index in [0.29, 0.717) is 5.02 Å². The summed E-state index contributed by atoms with van der Waals surface area (Å²) in [5.74, 6) is -0.853. The Hall–Kier alpha value is -1.06. The number of thioether (sulfide) groups is 1. The number of rotatable bonds is 3. The number of halogens is 2. The van der Waals surface area contributed by atoms with E-state index in [2.05, 4.69) is 20.8 Å². The summed E-state index contributed by atoms with van der Waals surface area (Å²) in [6.45, 7) is -0.0601. The summed E-state index contributed by atoms with van der Waals surface area (Å²) < 4.78 is 3.95. The molecule has 1 aliphatic heterocycles. The molecule has 0 atom stereocenters. The molecule has 4 nitrogen and oxygen atoms in total. The minimum atomic E-state index is -0.853. The van der Waals surface area contributed by atoms with E-state index in [1.165, 1.54) is 0 Å². The van der Waals surface area contributed by atoms with Crippen LogP contribution in [0.3, 0.4) is 0 Å². The Labute approximate surface area is 169 Å². The fourth-order valence-electron chi connectivity index (χ4n) is 2.64. The molecule has 0 bridgehead atoms. The number of fused-ring (bicyclic) bond motifs is 2. The van der Waals surface area contributed by atoms with Crippen molar-refractivity contribution in [1.29, 1.82) is 0 Å². The van der Waals surface area contributed by atoms with Crippen molar-refractivity contribution in [2.75, 3.05) is 11.9 Å². The molecule has 2 aromatic heterocycles. The van der Waals surface area contributed by atoms with Gasteiger partial charge in [0, 0.05) is 23.0 Å². The zero-order valence-corrected chi connectivity index (χ0v) is 17.6. The van der Waals surface area contributed by atoms with E-state index >= 15 is 0 Å². The Balaban J connectivity index is 1.79. The smallest absolute Gasteiger partial charge is 0.370 e. The van der Waals surface area contributed by atoms with Crippen molar-refractivity contribution >= 4 is 89.2 Å². The molecule has 3 heterocycles. The van der Waals surface area contributed by atoms with Gasteiger partial charge in [-0.2, -0.15) is 4.57 Å². The monoisotopic (exact) mass is 473 g/mol. The van der Waals surface area contributed by atoms with E-state index in [-0.39, 0.29) is 6.54 Å². The second kappa shape index (κ2) is 6.59. The topological polar surface area (TPSA) is 44.4 Å². The first kappa shape index (κ1) is 17.4. The molecule has 0 fully saturated rings. The lowest BCUT2D eigenvalue weighted by molar-refractivity contribution is -0.657. The highest BCUT2D eigenvalue weighted by molar-refractivity contribution is 9.11. The SMILES string of the molecule is CN1/C(=C/c2sc3sc(Br)cc3[n+]2CC(=O)O)Sc2ccc(Cl)cc21. The molecule has 4 rings (SSSR count). The number of carbonyl (C=O) groups is 1. The van der Waals surface area contributed by atoms with Gasteiger partial charge in [0.1, 0.15) is 0 Å². The molecule has 9 heteroatoms. The van der Waals surface area contributed by atoms with Crippen LogP contribution in [0.4, 0.5) is 5.69 Å². The Morgan fingerprint density at radius 1 is 1.40 bits per heavy atom. The largest absolute Gasteiger partial charge is 0.477 e. The predicted molar refractivity (Wildman–Crippen MR) is 109 cm³/mol. The van der Waals surface area contributed by atoms with Crippen LogP contribution in [0.15, 0.2) is 38.0 Å². The van der Waals surface area contributed by atoms with E-state index in [1.807, 2.05) is 42.0 Å². The van der Waals surface area contributed by atoms with Gasteiger partial charge in [0.15, 0.2) is 4.01 Å². The molecule has 0 amide bonds. The van der Waals surface area contributed by atoms with Crippen LogP contribution < -0.4 is 9.47 Å². The molecule has 0 saturated heterocycles. The van der Waals surface area contributed by atoms with Gasteiger partial charge < -0.3 is 10.0 Å². The third-order valence-corrected chi connectivity index (χ3v) is 8.04. The standard InChI is InChI=1S/C16H10BrClN2O2S3/c1-19-9-4-8(18)2-3-11(9)23-13(19)6-14-20(7-15(21)22)10-5-12(17)24-16(10)25-14/h2-6H,7H2,1H3/p+1. The molecule has 0 radical (unpaired) electrons. The van der Waals surface area contributed by atoms with Crippen molar-refractivity contribution in [2.45, 2.75) is 11.4 Å². The maximum Gasteiger partial charge on any atom is 0.370 e. The highest BCUT2D eigenvalue weighted by Crippen LogP contribution is 2.47. The number of thiazole rings is 1. The van der Waals surface area contributed by atoms with Crippen LogP contribution in [0, 0.1) is 0 Å². The summed E-state index contributed by atoms with van der Waals surface area (Å²) in [6.07, 6.45) is 2.05. The molecule has 128 valence electrons. The van der Waals surface area contributed by atoms with E-state index in [4.69, 9.17) is 11.6 Å². The summed E-state index contributed by atoms with van der Waals surface area (Å²) in [7, 11) is 2.00. The summed E-state index contributed by atoms with van der Waals surface area (Å²) in [5.41, 5.74) is 2.01. The van der Waals surface area contributed by atoms with Crippen molar-refractivity contribution in [3.63, 3.8) is 0 Å². The third kappa shape index (κ3) is 3.21. The van der Waals surface area contributed by atoms with Crippen molar-refractivity contribution < 1.29 is 14.5 Å². The van der Waals surface area contributed by atoms with Gasteiger partial charge in [-0.3, -0.25) is 0 Å². The van der Waals surface area contributed by atoms with Crippen molar-refractivity contribution in [1.82, 2.24) is 0 Å². The normalized spacial score (nSPS) is 15.3. The zero-order valence-electron chi connectivity index (χ0n) is 12.8. The molecule has 1 aromatic carbocycles. The first-order chi connectivity index (χ1) is 11.9. The number of aliphatic carboxylic acids is 1. The number of nitrogens with zero attached hydrogens (tertiary/aromatic N) is 2. The van der Waals surface area contributed by atoms with E-state index < -0.39 is 5.97 Å². The van der Waals surface area contributed by atoms with Crippen LogP contribution in [-0.2, 0) is 11.3 Å². The minimum absolute atomic E-state index is 0.0601. The number of benzene rings is 1. The molecule has 0 aliphatic carbocycles. The number of anilines is 1. The minimum Gasteiger partial charge on any atom is -0.477 e. The first-order valence-electron chi connectivity index (χ1n) is 7.18. The molecular formula is C16H11BrClN2O2S3+. The Morgan fingerprint density at radius 2 is 2.20 bits per heavy atom. The second-order valence-corrected chi connectivity index (χ2v) is 10.6. The number of carboxylic acid groups (broad SMARTS) is 1. The summed E-state index contributed by atoms with van der Waals surface area (Å²) >= 11 is 14.5. The average molecular weight is 475 g/mol. The van der Waals surface area contributed by atoms with Gasteiger partial charge in [-0.1, -0.05) is 34.7 Å². The van der Waals surface area contributed by atoms with Crippen LogP contribution >= 0.6 is 62.0 Å². The highest BCUT2D eigenvalue weighted by Gasteiger charge is 2.28. The summed E-state index contributed by atoms with van der Waals surface area (Å²) in [6, 6.07) is 7.81. The van der Waals surface area contributed by atoms with E-state index in [1.54, 1.807) is 34.4 Å². The number of carboxylic acids is 1. The molecule has 0 unspecified atom stereocenters. The van der Waals surface area contributed by atoms with Crippen LogP contribution in [0.25, 0.3) is 15.6 Å². The van der Waals surface area contributed by atoms with Gasteiger partial charge in [0.05, 0.1) is 20.6 Å². The maximum absolute atomic E-state index is 11.3. The van der Waals surface area contributed by atoms with E-state index in [9.17, 15) is 9.90 Å². The van der Waals surface area contributed by atoms with E-state index in [0.717, 1.165) is 33.9 Å². The van der Waals surface area contributed by atoms with Gasteiger partial charge in [-0.15, -0.1) is 11.3 Å². The molecule has 3 aromatic rings. The fourth-order valence-corrected chi connectivity index (χ4v) is 7.20. The Kier molecular flexibility index (Phi) is 4.57. The Bertz CT molecular complexity index is 1040. The number of thiophene rings is 1. The summed E-state index contributed by atoms with van der Waals surface area (Å²) in [4.78, 5) is 14.5. The van der Waals surface area contributed by atoms with Crippen molar-refractivity contribution in [2.24, 2.45) is 0 Å². The quantitative estimate of drug-likeness (QED) is 0.524. The van der Waals surface area contributed by atoms with Crippen molar-refractivity contribution in [3.8, 4) is 0 Å². The number of hydrogen-bond acceptors (Lipinski definition) is 5. The molecular weight excluding hydrogens is 464 g/mol. The molecule has 0 saturated carbocycles. The molecule has 25 heavy (non-hydrogen) atoms. The van der Waals surface area contributed by atoms with Gasteiger partial charge in [-0.25, -0.2) is 4.79 Å². The third-order valence-electron chi connectivity index (χ3n) is 3.77. The van der Waals surface area contributed by atoms with Crippen LogP contribution in [0.5, 0.6) is 0 Å². The highest BCUT2D eigenvalue weighted by atomic mass is 79.9. The van der Waals surface area contributed by atoms with Gasteiger partial charge in [0.2, 0.25) is 12.1 Å². The van der Waals surface area contributed by atoms with Crippen LogP contribution in [0.2, 0.25) is 5.02 Å². The molecule has 1 aliphatic rings. The fraction of sp³-hybridized carbons (Fsp3) is 0.125. The van der Waals surface area contributed by atoms with Crippen molar-refractivity contribution in [3.05, 3.63) is 43.1 Å². The lowest BCUT2D eigenvalue weighted by Crippen LogP contribution is -2.39. The molecule has 1 N–H and O–H groups in total. The molecule has 0 spiro atoms. The van der Waals surface area contributed by atoms with Crippen LogP contribution in [-0.4, -0.2) is 18.1 Å². The zero-order chi connectivity index (χ0) is 17.7. The second-order valence-electron chi connectivity index (χ2n) is 5.40. The van der Waals surface area contributed by atoms with Crippen LogP contribution in [0.1, 0.15) is 5.01 Å². The first-order valence-corrected chi connectivity index (χ1v) is 10.8. The predicted octanol–water partition coefficient (Wildman–Crippen LogP) is 5.29. The van der Waals surface area contributed by atoms with Gasteiger partial charge in [-0.05, 0) is 34.1 Å². The average Bonchev–Trinajstić information content (AvgIpc) is 3.14. The number of aromatic nitrogens is 1. The lowest BCUT2D eigenvalue weighted by atomic mass is 10.3. The summed E-state index contributed by atoms with van der Waals surface area (Å²) in [5, 5.41) is 12.0. The lowest BCUT2D eigenvalue weighted by Gasteiger charge is -2.12. The van der Waals surface area contributed by atoms with Gasteiger partial charge in [0.25, 0.3) is 5.01 Å². The maximum atomic E-state index is 11.3.